The average Bonchev–Trinajstić information content (AvgIpc) is 2.99. The van der Waals surface area contributed by atoms with Crippen molar-refractivity contribution in [1.82, 2.24) is 14.3 Å². The molecule has 1 atom stereocenters. The van der Waals surface area contributed by atoms with Gasteiger partial charge in [0.2, 0.25) is 15.9 Å². The Labute approximate surface area is 167 Å². The standard InChI is InChI=1S/C20H20N4O4S/c1-3-24(11-18-21-16-7-5-4-6-14(16)20(26)23-18)29(27,28)13-8-9-17-15(10-13)12(2)19(25)22-17/h4-10,12H,3,11H2,1-2H3,(H,22,25)(H,21,23,26)/t12-/m0/s1. The number of aromatic nitrogens is 2. The Bertz CT molecular complexity index is 1280. The normalized spacial score (nSPS) is 16.2. The summed E-state index contributed by atoms with van der Waals surface area (Å²) < 4.78 is 27.7. The highest BCUT2D eigenvalue weighted by Crippen LogP contribution is 2.34. The number of para-hydroxylation sites is 1. The summed E-state index contributed by atoms with van der Waals surface area (Å²) in [5.41, 5.74) is 1.49. The molecule has 150 valence electrons. The monoisotopic (exact) mass is 412 g/mol. The molecule has 2 aromatic carbocycles. The summed E-state index contributed by atoms with van der Waals surface area (Å²) in [6, 6.07) is 11.5. The van der Waals surface area contributed by atoms with Crippen LogP contribution in [0.1, 0.15) is 31.2 Å². The number of nitrogens with one attached hydrogen (secondary N) is 2. The molecule has 0 unspecified atom stereocenters. The van der Waals surface area contributed by atoms with Gasteiger partial charge in [0, 0.05) is 12.2 Å². The lowest BCUT2D eigenvalue weighted by Gasteiger charge is -2.20. The second-order valence-electron chi connectivity index (χ2n) is 6.92. The van der Waals surface area contributed by atoms with E-state index in [2.05, 4.69) is 15.3 Å². The van der Waals surface area contributed by atoms with E-state index in [1.54, 1.807) is 44.2 Å². The van der Waals surface area contributed by atoms with Gasteiger partial charge >= 0.3 is 0 Å². The molecule has 1 amide bonds. The van der Waals surface area contributed by atoms with Crippen molar-refractivity contribution < 1.29 is 13.2 Å². The van der Waals surface area contributed by atoms with Gasteiger partial charge in [-0.05, 0) is 42.8 Å². The summed E-state index contributed by atoms with van der Waals surface area (Å²) in [6.07, 6.45) is 0. The number of hydrogen-bond acceptors (Lipinski definition) is 5. The first kappa shape index (κ1) is 19.3. The molecule has 2 heterocycles. The first-order valence-electron chi connectivity index (χ1n) is 9.24. The van der Waals surface area contributed by atoms with Crippen LogP contribution >= 0.6 is 0 Å². The predicted octanol–water partition coefficient (Wildman–Crippen LogP) is 2.19. The first-order chi connectivity index (χ1) is 13.8. The molecule has 3 aromatic rings. The van der Waals surface area contributed by atoms with Gasteiger partial charge in [0.1, 0.15) is 5.82 Å². The molecular weight excluding hydrogens is 392 g/mol. The van der Waals surface area contributed by atoms with Gasteiger partial charge in [0.15, 0.2) is 0 Å². The number of benzene rings is 2. The third kappa shape index (κ3) is 3.32. The molecule has 0 saturated heterocycles. The average molecular weight is 412 g/mol. The number of nitrogens with zero attached hydrogens (tertiary/aromatic N) is 2. The third-order valence-corrected chi connectivity index (χ3v) is 7.04. The lowest BCUT2D eigenvalue weighted by Crippen LogP contribution is -2.32. The van der Waals surface area contributed by atoms with E-state index in [1.165, 1.54) is 16.4 Å². The molecule has 4 rings (SSSR count). The first-order valence-corrected chi connectivity index (χ1v) is 10.7. The van der Waals surface area contributed by atoms with E-state index in [4.69, 9.17) is 0 Å². The van der Waals surface area contributed by atoms with Gasteiger partial charge in [-0.3, -0.25) is 9.59 Å². The van der Waals surface area contributed by atoms with Crippen molar-refractivity contribution in [1.29, 1.82) is 0 Å². The van der Waals surface area contributed by atoms with Gasteiger partial charge in [-0.2, -0.15) is 4.31 Å². The van der Waals surface area contributed by atoms with E-state index >= 15 is 0 Å². The van der Waals surface area contributed by atoms with Crippen LogP contribution in [0.2, 0.25) is 0 Å². The van der Waals surface area contributed by atoms with Gasteiger partial charge in [-0.1, -0.05) is 19.1 Å². The molecule has 0 saturated carbocycles. The summed E-state index contributed by atoms with van der Waals surface area (Å²) in [4.78, 5) is 31.3. The minimum Gasteiger partial charge on any atom is -0.325 e. The van der Waals surface area contributed by atoms with E-state index in [0.29, 0.717) is 22.2 Å². The topological polar surface area (TPSA) is 112 Å². The summed E-state index contributed by atoms with van der Waals surface area (Å²) in [6.45, 7) is 3.59. The van der Waals surface area contributed by atoms with Crippen LogP contribution in [-0.4, -0.2) is 35.1 Å². The second-order valence-corrected chi connectivity index (χ2v) is 8.86. The molecule has 0 fully saturated rings. The highest BCUT2D eigenvalue weighted by Gasteiger charge is 2.30. The molecule has 1 aromatic heterocycles. The molecule has 0 radical (unpaired) electrons. The van der Waals surface area contributed by atoms with Crippen molar-refractivity contribution in [3.05, 3.63) is 64.2 Å². The fourth-order valence-electron chi connectivity index (χ4n) is 3.45. The van der Waals surface area contributed by atoms with E-state index in [9.17, 15) is 18.0 Å². The minimum atomic E-state index is -3.85. The second kappa shape index (κ2) is 7.09. The Hall–Kier alpha value is -3.04. The van der Waals surface area contributed by atoms with Gasteiger partial charge in [0.25, 0.3) is 5.56 Å². The molecule has 2 N–H and O–H groups in total. The number of hydrogen-bond donors (Lipinski definition) is 2. The third-order valence-electron chi connectivity index (χ3n) is 5.12. The fraction of sp³-hybridized carbons (Fsp3) is 0.250. The van der Waals surface area contributed by atoms with Crippen LogP contribution in [0.3, 0.4) is 0 Å². The van der Waals surface area contributed by atoms with Crippen molar-refractivity contribution in [2.45, 2.75) is 31.2 Å². The molecule has 0 aliphatic carbocycles. The molecule has 8 nitrogen and oxygen atoms in total. The van der Waals surface area contributed by atoms with Crippen LogP contribution in [0.4, 0.5) is 5.69 Å². The summed E-state index contributed by atoms with van der Waals surface area (Å²) >= 11 is 0. The van der Waals surface area contributed by atoms with Crippen LogP contribution in [0.25, 0.3) is 10.9 Å². The highest BCUT2D eigenvalue weighted by molar-refractivity contribution is 7.89. The van der Waals surface area contributed by atoms with E-state index < -0.39 is 15.9 Å². The lowest BCUT2D eigenvalue weighted by atomic mass is 10.0. The van der Waals surface area contributed by atoms with Crippen molar-refractivity contribution in [2.75, 3.05) is 11.9 Å². The van der Waals surface area contributed by atoms with Crippen LogP contribution in [-0.2, 0) is 21.4 Å². The molecule has 1 aliphatic heterocycles. The molecular formula is C20H20N4O4S. The number of H-pyrrole nitrogens is 1. The van der Waals surface area contributed by atoms with Gasteiger partial charge in [-0.25, -0.2) is 13.4 Å². The largest absolute Gasteiger partial charge is 0.325 e. The predicted molar refractivity (Wildman–Crippen MR) is 109 cm³/mol. The Morgan fingerprint density at radius 2 is 1.90 bits per heavy atom. The maximum absolute atomic E-state index is 13.2. The molecule has 9 heteroatoms. The number of carbonyl (C=O) groups excluding carboxylic acids is 1. The summed E-state index contributed by atoms with van der Waals surface area (Å²) in [5, 5.41) is 3.19. The van der Waals surface area contributed by atoms with Crippen molar-refractivity contribution in [3.8, 4) is 0 Å². The number of carbonyl (C=O) groups is 1. The Kier molecular flexibility index (Phi) is 4.71. The SMILES string of the molecule is CCN(Cc1nc2ccccc2c(=O)[nH]1)S(=O)(=O)c1ccc2c(c1)[C@H](C)C(=O)N2. The zero-order chi connectivity index (χ0) is 20.8. The summed E-state index contributed by atoms with van der Waals surface area (Å²) in [5.74, 6) is -0.293. The number of rotatable bonds is 5. The Morgan fingerprint density at radius 3 is 2.66 bits per heavy atom. The number of amides is 1. The molecule has 29 heavy (non-hydrogen) atoms. The smallest absolute Gasteiger partial charge is 0.258 e. The van der Waals surface area contributed by atoms with Gasteiger partial charge in [-0.15, -0.1) is 0 Å². The number of fused-ring (bicyclic) bond motifs is 2. The van der Waals surface area contributed by atoms with E-state index in [-0.39, 0.29) is 35.3 Å². The zero-order valence-electron chi connectivity index (χ0n) is 16.0. The number of sulfonamides is 1. The summed E-state index contributed by atoms with van der Waals surface area (Å²) in [7, 11) is -3.85. The van der Waals surface area contributed by atoms with Crippen LogP contribution in [0.5, 0.6) is 0 Å². The Morgan fingerprint density at radius 1 is 1.14 bits per heavy atom. The van der Waals surface area contributed by atoms with E-state index in [0.717, 1.165) is 0 Å². The highest BCUT2D eigenvalue weighted by atomic mass is 32.2. The Balaban J connectivity index is 1.69. The number of aromatic amines is 1. The van der Waals surface area contributed by atoms with E-state index in [1.807, 2.05) is 0 Å². The lowest BCUT2D eigenvalue weighted by molar-refractivity contribution is -0.116. The van der Waals surface area contributed by atoms with Crippen molar-refractivity contribution in [2.24, 2.45) is 0 Å². The molecule has 0 spiro atoms. The van der Waals surface area contributed by atoms with Crippen LogP contribution in [0.15, 0.2) is 52.2 Å². The van der Waals surface area contributed by atoms with Gasteiger partial charge in [0.05, 0.1) is 28.3 Å². The zero-order valence-corrected chi connectivity index (χ0v) is 16.8. The molecule has 0 bridgehead atoms. The fourth-order valence-corrected chi connectivity index (χ4v) is 4.89. The molecule has 1 aliphatic rings. The van der Waals surface area contributed by atoms with Crippen LogP contribution < -0.4 is 10.9 Å². The van der Waals surface area contributed by atoms with Crippen molar-refractivity contribution in [3.63, 3.8) is 0 Å². The minimum absolute atomic E-state index is 0.0667. The van der Waals surface area contributed by atoms with Crippen molar-refractivity contribution >= 4 is 32.5 Å². The number of anilines is 1. The van der Waals surface area contributed by atoms with Gasteiger partial charge < -0.3 is 10.3 Å². The van der Waals surface area contributed by atoms with Crippen LogP contribution in [0, 0.1) is 0 Å². The quantitative estimate of drug-likeness (QED) is 0.667. The maximum atomic E-state index is 13.2. The maximum Gasteiger partial charge on any atom is 0.258 e.